The molecule has 0 aromatic heterocycles. The fraction of sp³-hybridized carbons (Fsp3) is 0.294. The molecular weight excluding hydrogens is 234 g/mol. The van der Waals surface area contributed by atoms with Crippen LogP contribution in [0.25, 0.3) is 0 Å². The van der Waals surface area contributed by atoms with E-state index in [-0.39, 0.29) is 6.61 Å². The summed E-state index contributed by atoms with van der Waals surface area (Å²) < 4.78 is 0. The van der Waals surface area contributed by atoms with Crippen molar-refractivity contribution in [1.82, 2.24) is 0 Å². The molecule has 0 atom stereocenters. The third-order valence-electron chi connectivity index (χ3n) is 3.26. The van der Waals surface area contributed by atoms with Crippen LogP contribution >= 0.6 is 0 Å². The number of anilines is 1. The third kappa shape index (κ3) is 3.83. The molecule has 0 saturated heterocycles. The molecule has 0 spiro atoms. The van der Waals surface area contributed by atoms with Crippen molar-refractivity contribution in [2.45, 2.75) is 32.9 Å². The topological polar surface area (TPSA) is 32.3 Å². The van der Waals surface area contributed by atoms with Gasteiger partial charge in [0.15, 0.2) is 0 Å². The SMILES string of the molecule is CC(C)c1cccc(NCc2ccc(CO)cc2)c1. The number of hydrogen-bond donors (Lipinski definition) is 2. The van der Waals surface area contributed by atoms with E-state index in [0.29, 0.717) is 5.92 Å². The van der Waals surface area contributed by atoms with Crippen LogP contribution in [-0.4, -0.2) is 5.11 Å². The van der Waals surface area contributed by atoms with Gasteiger partial charge in [-0.25, -0.2) is 0 Å². The molecule has 0 saturated carbocycles. The summed E-state index contributed by atoms with van der Waals surface area (Å²) in [5.41, 5.74) is 4.66. The van der Waals surface area contributed by atoms with Crippen molar-refractivity contribution in [1.29, 1.82) is 0 Å². The van der Waals surface area contributed by atoms with E-state index in [1.807, 2.05) is 24.3 Å². The van der Waals surface area contributed by atoms with E-state index in [1.54, 1.807) is 0 Å². The van der Waals surface area contributed by atoms with E-state index >= 15 is 0 Å². The Morgan fingerprint density at radius 1 is 1.00 bits per heavy atom. The molecule has 2 aromatic carbocycles. The number of nitrogens with one attached hydrogen (secondary N) is 1. The molecule has 19 heavy (non-hydrogen) atoms. The van der Waals surface area contributed by atoms with Gasteiger partial charge in [-0.2, -0.15) is 0 Å². The molecule has 0 aliphatic heterocycles. The number of rotatable bonds is 5. The second kappa shape index (κ2) is 6.39. The maximum atomic E-state index is 9.00. The van der Waals surface area contributed by atoms with Crippen LogP contribution in [0, 0.1) is 0 Å². The minimum absolute atomic E-state index is 0.101. The monoisotopic (exact) mass is 255 g/mol. The molecule has 0 amide bonds. The molecule has 0 aliphatic carbocycles. The van der Waals surface area contributed by atoms with Gasteiger partial charge in [-0.1, -0.05) is 50.2 Å². The van der Waals surface area contributed by atoms with E-state index in [4.69, 9.17) is 5.11 Å². The first-order chi connectivity index (χ1) is 9.19. The minimum Gasteiger partial charge on any atom is -0.392 e. The molecule has 2 rings (SSSR count). The highest BCUT2D eigenvalue weighted by molar-refractivity contribution is 5.47. The lowest BCUT2D eigenvalue weighted by Crippen LogP contribution is -2.00. The highest BCUT2D eigenvalue weighted by Gasteiger charge is 2.00. The molecule has 2 nitrogen and oxygen atoms in total. The first-order valence-electron chi connectivity index (χ1n) is 6.71. The van der Waals surface area contributed by atoms with Crippen molar-refractivity contribution >= 4 is 5.69 Å². The number of aliphatic hydroxyl groups is 1. The maximum Gasteiger partial charge on any atom is 0.0681 e. The normalized spacial score (nSPS) is 10.7. The summed E-state index contributed by atoms with van der Waals surface area (Å²) in [7, 11) is 0. The van der Waals surface area contributed by atoms with E-state index in [2.05, 4.69) is 43.4 Å². The zero-order valence-corrected chi connectivity index (χ0v) is 11.6. The van der Waals surface area contributed by atoms with Gasteiger partial charge >= 0.3 is 0 Å². The zero-order valence-electron chi connectivity index (χ0n) is 11.6. The molecule has 2 N–H and O–H groups in total. The molecule has 0 aliphatic rings. The van der Waals surface area contributed by atoms with Crippen LogP contribution in [0.15, 0.2) is 48.5 Å². The van der Waals surface area contributed by atoms with Gasteiger partial charge in [0, 0.05) is 12.2 Å². The van der Waals surface area contributed by atoms with Crippen LogP contribution in [0.5, 0.6) is 0 Å². The van der Waals surface area contributed by atoms with Crippen molar-refractivity contribution in [3.05, 3.63) is 65.2 Å². The fourth-order valence-electron chi connectivity index (χ4n) is 1.97. The van der Waals surface area contributed by atoms with Crippen molar-refractivity contribution in [3.8, 4) is 0 Å². The van der Waals surface area contributed by atoms with Crippen LogP contribution in [0.4, 0.5) is 5.69 Å². The molecule has 2 aromatic rings. The van der Waals surface area contributed by atoms with Crippen molar-refractivity contribution in [2.24, 2.45) is 0 Å². The number of hydrogen-bond acceptors (Lipinski definition) is 2. The number of aliphatic hydroxyl groups excluding tert-OH is 1. The molecule has 0 unspecified atom stereocenters. The Morgan fingerprint density at radius 3 is 2.32 bits per heavy atom. The van der Waals surface area contributed by atoms with Gasteiger partial charge < -0.3 is 10.4 Å². The molecule has 100 valence electrons. The largest absolute Gasteiger partial charge is 0.392 e. The summed E-state index contributed by atoms with van der Waals surface area (Å²) in [4.78, 5) is 0. The summed E-state index contributed by atoms with van der Waals surface area (Å²) in [6.07, 6.45) is 0. The Balaban J connectivity index is 1.99. The summed E-state index contributed by atoms with van der Waals surface area (Å²) >= 11 is 0. The predicted octanol–water partition coefficient (Wildman–Crippen LogP) is 3.91. The Bertz CT molecular complexity index is 517. The number of benzene rings is 2. The average molecular weight is 255 g/mol. The zero-order chi connectivity index (χ0) is 13.7. The predicted molar refractivity (Wildman–Crippen MR) is 80.2 cm³/mol. The van der Waals surface area contributed by atoms with Gasteiger partial charge in [-0.3, -0.25) is 0 Å². The summed E-state index contributed by atoms with van der Waals surface area (Å²) in [5.74, 6) is 0.547. The quantitative estimate of drug-likeness (QED) is 0.849. The van der Waals surface area contributed by atoms with Crippen LogP contribution < -0.4 is 5.32 Å². The molecule has 0 bridgehead atoms. The highest BCUT2D eigenvalue weighted by Crippen LogP contribution is 2.19. The molecule has 0 heterocycles. The van der Waals surface area contributed by atoms with Crippen LogP contribution in [-0.2, 0) is 13.2 Å². The van der Waals surface area contributed by atoms with Gasteiger partial charge in [0.1, 0.15) is 0 Å². The molecular formula is C17H21NO. The smallest absolute Gasteiger partial charge is 0.0681 e. The Kier molecular flexibility index (Phi) is 4.58. The lowest BCUT2D eigenvalue weighted by Gasteiger charge is -2.10. The second-order valence-corrected chi connectivity index (χ2v) is 5.11. The van der Waals surface area contributed by atoms with Crippen molar-refractivity contribution in [2.75, 3.05) is 5.32 Å². The van der Waals surface area contributed by atoms with E-state index in [9.17, 15) is 0 Å². The minimum atomic E-state index is 0.101. The molecule has 0 radical (unpaired) electrons. The maximum absolute atomic E-state index is 9.00. The van der Waals surface area contributed by atoms with Crippen molar-refractivity contribution < 1.29 is 5.11 Å². The second-order valence-electron chi connectivity index (χ2n) is 5.11. The Hall–Kier alpha value is -1.80. The van der Waals surface area contributed by atoms with Gasteiger partial charge in [0.2, 0.25) is 0 Å². The van der Waals surface area contributed by atoms with Gasteiger partial charge in [-0.15, -0.1) is 0 Å². The van der Waals surface area contributed by atoms with Gasteiger partial charge in [0.25, 0.3) is 0 Å². The standard InChI is InChI=1S/C17H21NO/c1-13(2)16-4-3-5-17(10-16)18-11-14-6-8-15(12-19)9-7-14/h3-10,13,18-19H,11-12H2,1-2H3. The van der Waals surface area contributed by atoms with Gasteiger partial charge in [0.05, 0.1) is 6.61 Å². The molecule has 2 heteroatoms. The van der Waals surface area contributed by atoms with E-state index in [1.165, 1.54) is 11.1 Å². The van der Waals surface area contributed by atoms with Crippen molar-refractivity contribution in [3.63, 3.8) is 0 Å². The lowest BCUT2D eigenvalue weighted by atomic mass is 10.0. The fourth-order valence-corrected chi connectivity index (χ4v) is 1.97. The van der Waals surface area contributed by atoms with E-state index < -0.39 is 0 Å². The molecule has 0 fully saturated rings. The van der Waals surface area contributed by atoms with E-state index in [0.717, 1.165) is 17.8 Å². The Labute approximate surface area is 115 Å². The average Bonchev–Trinajstić information content (AvgIpc) is 2.46. The third-order valence-corrected chi connectivity index (χ3v) is 3.26. The summed E-state index contributed by atoms with van der Waals surface area (Å²) in [5, 5.41) is 12.4. The first kappa shape index (κ1) is 13.6. The summed E-state index contributed by atoms with van der Waals surface area (Å²) in [6.45, 7) is 5.30. The summed E-state index contributed by atoms with van der Waals surface area (Å²) in [6, 6.07) is 16.6. The lowest BCUT2D eigenvalue weighted by molar-refractivity contribution is 0.282. The van der Waals surface area contributed by atoms with Crippen LogP contribution in [0.1, 0.15) is 36.5 Å². The highest BCUT2D eigenvalue weighted by atomic mass is 16.3. The van der Waals surface area contributed by atoms with Gasteiger partial charge in [-0.05, 0) is 34.7 Å². The van der Waals surface area contributed by atoms with Crippen LogP contribution in [0.3, 0.4) is 0 Å². The first-order valence-corrected chi connectivity index (χ1v) is 6.71. The van der Waals surface area contributed by atoms with Crippen LogP contribution in [0.2, 0.25) is 0 Å². The Morgan fingerprint density at radius 2 is 1.68 bits per heavy atom.